The van der Waals surface area contributed by atoms with E-state index in [1.807, 2.05) is 6.92 Å². The lowest BCUT2D eigenvalue weighted by Crippen LogP contribution is -2.09. The minimum atomic E-state index is -0.682. The van der Waals surface area contributed by atoms with Crippen LogP contribution in [0.25, 0.3) is 0 Å². The van der Waals surface area contributed by atoms with Crippen LogP contribution in [-0.4, -0.2) is 76.5 Å². The van der Waals surface area contributed by atoms with E-state index in [0.29, 0.717) is 45.2 Å². The molecule has 1 N–H and O–H groups in total. The number of halogens is 2. The molecule has 2 aromatic rings. The third-order valence-corrected chi connectivity index (χ3v) is 4.92. The molecular weight excluding hydrogens is 530 g/mol. The molecule has 0 bridgehead atoms. The molecule has 0 heterocycles. The molecule has 40 heavy (non-hydrogen) atoms. The molecule has 2 rings (SSSR count). The monoisotopic (exact) mass is 570 g/mol. The Bertz CT molecular complexity index is 922. The van der Waals surface area contributed by atoms with Gasteiger partial charge in [-0.05, 0) is 55.7 Å². The third-order valence-electron chi connectivity index (χ3n) is 4.92. The molecule has 0 aliphatic rings. The van der Waals surface area contributed by atoms with Gasteiger partial charge in [-0.1, -0.05) is 19.1 Å². The fraction of sp³-hybridized carbons (Fsp3) is 0.517. The highest BCUT2D eigenvalue weighted by atomic mass is 19.1. The molecule has 0 atom stereocenters. The highest BCUT2D eigenvalue weighted by molar-refractivity contribution is 5.90. The van der Waals surface area contributed by atoms with Crippen LogP contribution in [0, 0.1) is 11.6 Å². The van der Waals surface area contributed by atoms with Gasteiger partial charge in [-0.25, -0.2) is 18.4 Å². The van der Waals surface area contributed by atoms with E-state index in [4.69, 9.17) is 33.5 Å². The first-order valence-electron chi connectivity index (χ1n) is 13.2. The predicted molar refractivity (Wildman–Crippen MR) is 143 cm³/mol. The number of benzene rings is 2. The Hall–Kier alpha value is -2.96. The molecule has 0 fully saturated rings. The zero-order valence-corrected chi connectivity index (χ0v) is 23.4. The second kappa shape index (κ2) is 21.8. The summed E-state index contributed by atoms with van der Waals surface area (Å²) in [4.78, 5) is 23.1. The van der Waals surface area contributed by atoms with E-state index < -0.39 is 23.6 Å². The average molecular weight is 571 g/mol. The van der Waals surface area contributed by atoms with Crippen molar-refractivity contribution in [1.82, 2.24) is 0 Å². The van der Waals surface area contributed by atoms with Crippen LogP contribution in [0.1, 0.15) is 59.0 Å². The van der Waals surface area contributed by atoms with Crippen LogP contribution >= 0.6 is 0 Å². The van der Waals surface area contributed by atoms with Gasteiger partial charge in [0.15, 0.2) is 0 Å². The summed E-state index contributed by atoms with van der Waals surface area (Å²) in [6.07, 6.45) is 0.973. The topological polar surface area (TPSA) is 110 Å². The van der Waals surface area contributed by atoms with Crippen LogP contribution < -0.4 is 0 Å². The maximum atomic E-state index is 13.5. The number of aliphatic hydroxyl groups is 1. The Labute approximate surface area is 234 Å². The number of hydrogen-bond donors (Lipinski definition) is 1. The molecule has 0 amide bonds. The molecule has 0 saturated carbocycles. The Morgan fingerprint density at radius 1 is 0.650 bits per heavy atom. The lowest BCUT2D eigenvalue weighted by molar-refractivity contribution is 0.0273. The molecular formula is C29H40F2O9. The van der Waals surface area contributed by atoms with Gasteiger partial charge >= 0.3 is 11.9 Å². The Morgan fingerprint density at radius 3 is 1.48 bits per heavy atom. The van der Waals surface area contributed by atoms with Crippen molar-refractivity contribution in [3.05, 3.63) is 70.3 Å². The van der Waals surface area contributed by atoms with Gasteiger partial charge < -0.3 is 33.5 Å². The molecule has 0 spiro atoms. The smallest absolute Gasteiger partial charge is 0.341 e. The van der Waals surface area contributed by atoms with Crippen molar-refractivity contribution < 1.29 is 51.9 Å². The van der Waals surface area contributed by atoms with Crippen LogP contribution in [0.4, 0.5) is 8.78 Å². The van der Waals surface area contributed by atoms with E-state index in [2.05, 4.69) is 0 Å². The van der Waals surface area contributed by atoms with Gasteiger partial charge in [0.25, 0.3) is 0 Å². The summed E-state index contributed by atoms with van der Waals surface area (Å²) in [5.74, 6) is -2.53. The number of rotatable bonds is 18. The van der Waals surface area contributed by atoms with E-state index in [9.17, 15) is 18.4 Å². The summed E-state index contributed by atoms with van der Waals surface area (Å²) in [5, 5.41) is 8.51. The van der Waals surface area contributed by atoms with Crippen molar-refractivity contribution in [2.45, 2.75) is 40.4 Å². The van der Waals surface area contributed by atoms with Crippen molar-refractivity contribution in [2.24, 2.45) is 0 Å². The van der Waals surface area contributed by atoms with Crippen LogP contribution in [-0.2, 0) is 41.6 Å². The van der Waals surface area contributed by atoms with Crippen molar-refractivity contribution >= 4 is 11.9 Å². The van der Waals surface area contributed by atoms with Crippen molar-refractivity contribution in [3.63, 3.8) is 0 Å². The van der Waals surface area contributed by atoms with Gasteiger partial charge in [0.05, 0.1) is 77.2 Å². The fourth-order valence-corrected chi connectivity index (χ4v) is 3.08. The van der Waals surface area contributed by atoms with Crippen molar-refractivity contribution in [3.8, 4) is 0 Å². The zero-order valence-electron chi connectivity index (χ0n) is 23.4. The number of ether oxygens (including phenoxy) is 6. The Morgan fingerprint density at radius 2 is 1.07 bits per heavy atom. The van der Waals surface area contributed by atoms with Crippen LogP contribution in [0.5, 0.6) is 0 Å². The van der Waals surface area contributed by atoms with E-state index in [0.717, 1.165) is 12.0 Å². The number of aliphatic hydroxyl groups excluding tert-OH is 1. The van der Waals surface area contributed by atoms with E-state index in [1.54, 1.807) is 26.0 Å². The highest BCUT2D eigenvalue weighted by Crippen LogP contribution is 2.14. The van der Waals surface area contributed by atoms with Crippen LogP contribution in [0.3, 0.4) is 0 Å². The minimum Gasteiger partial charge on any atom is -0.462 e. The number of carbonyl (C=O) groups is 2. The second-order valence-electron chi connectivity index (χ2n) is 8.12. The summed E-state index contributed by atoms with van der Waals surface area (Å²) in [6.45, 7) is 9.02. The Balaban J connectivity index is 0.000000400. The van der Waals surface area contributed by atoms with Gasteiger partial charge in [0.1, 0.15) is 11.6 Å². The molecule has 2 aromatic carbocycles. The van der Waals surface area contributed by atoms with Gasteiger partial charge in [0.2, 0.25) is 0 Å². The molecule has 0 radical (unpaired) electrons. The lowest BCUT2D eigenvalue weighted by atomic mass is 10.1. The molecule has 0 aliphatic heterocycles. The fourth-order valence-electron chi connectivity index (χ4n) is 3.08. The number of hydrogen-bond acceptors (Lipinski definition) is 9. The van der Waals surface area contributed by atoms with Crippen LogP contribution in [0.15, 0.2) is 36.4 Å². The number of esters is 2. The predicted octanol–water partition coefficient (Wildman–Crippen LogP) is 4.47. The maximum absolute atomic E-state index is 13.5. The summed E-state index contributed by atoms with van der Waals surface area (Å²) in [5.41, 5.74) is 1.25. The quantitative estimate of drug-likeness (QED) is 0.205. The highest BCUT2D eigenvalue weighted by Gasteiger charge is 2.14. The van der Waals surface area contributed by atoms with E-state index >= 15 is 0 Å². The molecule has 0 unspecified atom stereocenters. The summed E-state index contributed by atoms with van der Waals surface area (Å²) >= 11 is 0. The van der Waals surface area contributed by atoms with Crippen molar-refractivity contribution in [1.29, 1.82) is 0 Å². The largest absolute Gasteiger partial charge is 0.462 e. The summed E-state index contributed by atoms with van der Waals surface area (Å²) < 4.78 is 57.6. The lowest BCUT2D eigenvalue weighted by Gasteiger charge is -2.08. The molecule has 0 aliphatic carbocycles. The third kappa shape index (κ3) is 14.4. The minimum absolute atomic E-state index is 0.0269. The number of carbonyl (C=O) groups excluding carboxylic acids is 2. The molecule has 11 heteroatoms. The Kier molecular flexibility index (Phi) is 19.1. The van der Waals surface area contributed by atoms with E-state index in [1.165, 1.54) is 24.3 Å². The van der Waals surface area contributed by atoms with Gasteiger partial charge in [-0.2, -0.15) is 0 Å². The molecule has 0 aromatic heterocycles. The zero-order chi connectivity index (χ0) is 29.6. The van der Waals surface area contributed by atoms with Gasteiger partial charge in [0, 0.05) is 6.61 Å². The summed E-state index contributed by atoms with van der Waals surface area (Å²) in [7, 11) is 0. The van der Waals surface area contributed by atoms with Gasteiger partial charge in [-0.15, -0.1) is 0 Å². The first kappa shape index (κ1) is 35.1. The molecule has 9 nitrogen and oxygen atoms in total. The maximum Gasteiger partial charge on any atom is 0.341 e. The van der Waals surface area contributed by atoms with Crippen LogP contribution in [0.2, 0.25) is 0 Å². The second-order valence-corrected chi connectivity index (χ2v) is 8.12. The van der Waals surface area contributed by atoms with E-state index in [-0.39, 0.29) is 44.2 Å². The average Bonchev–Trinajstić information content (AvgIpc) is 2.94. The van der Waals surface area contributed by atoms with Gasteiger partial charge in [-0.3, -0.25) is 0 Å². The SMILES string of the molecule is CCCOCCOCc1ccc(F)c(C(=O)OCC)c1.CCOC(=O)c1cc(COCCOCCO)ccc1F. The standard InChI is InChI=1S/C15H21FO4.C14H19FO5/c1-3-7-18-8-9-19-11-12-5-6-14(16)13(10-12)15(17)20-4-2;1-2-20-14(17)12-9-11(3-4-13(12)15)10-19-8-7-18-6-5-16/h5-6,10H,3-4,7-9,11H2,1-2H3;3-4,9,16H,2,5-8,10H2,1H3. The van der Waals surface area contributed by atoms with Crippen molar-refractivity contribution in [2.75, 3.05) is 59.5 Å². The molecule has 0 saturated heterocycles. The normalized spacial score (nSPS) is 10.6. The molecule has 224 valence electrons. The first-order chi connectivity index (χ1) is 19.4. The summed E-state index contributed by atoms with van der Waals surface area (Å²) in [6, 6.07) is 8.48. The first-order valence-corrected chi connectivity index (χ1v) is 13.2.